The van der Waals surface area contributed by atoms with Crippen molar-refractivity contribution in [2.45, 2.75) is 12.5 Å². The van der Waals surface area contributed by atoms with E-state index in [1.165, 1.54) is 32.5 Å². The van der Waals surface area contributed by atoms with Crippen molar-refractivity contribution >= 4 is 22.4 Å². The molecule has 0 saturated carbocycles. The fourth-order valence-electron chi connectivity index (χ4n) is 3.77. The summed E-state index contributed by atoms with van der Waals surface area (Å²) in [4.78, 5) is 16.3. The average molecular weight is 268 g/mol. The van der Waals surface area contributed by atoms with Crippen LogP contribution in [0.5, 0.6) is 0 Å². The highest BCUT2D eigenvalue weighted by Crippen LogP contribution is 2.36. The highest BCUT2D eigenvalue weighted by molar-refractivity contribution is 5.98. The van der Waals surface area contributed by atoms with E-state index in [1.54, 1.807) is 0 Å². The van der Waals surface area contributed by atoms with Crippen LogP contribution >= 0.6 is 0 Å². The molecular weight excluding hydrogens is 250 g/mol. The van der Waals surface area contributed by atoms with Gasteiger partial charge >= 0.3 is 0 Å². The van der Waals surface area contributed by atoms with E-state index in [1.807, 2.05) is 0 Å². The largest absolute Gasteiger partial charge is 0.369 e. The van der Waals surface area contributed by atoms with Gasteiger partial charge in [0.15, 0.2) is 0 Å². The second kappa shape index (κ2) is 3.96. The third-order valence-corrected chi connectivity index (χ3v) is 4.78. The Morgan fingerprint density at radius 3 is 3.10 bits per heavy atom. The molecule has 0 fully saturated rings. The number of rotatable bonds is 1. The number of quaternary nitrogens is 1. The van der Waals surface area contributed by atoms with Crippen molar-refractivity contribution in [1.82, 2.24) is 4.98 Å². The van der Waals surface area contributed by atoms with Gasteiger partial charge in [-0.25, -0.2) is 0 Å². The number of amides is 1. The molecule has 1 aliphatic carbocycles. The van der Waals surface area contributed by atoms with Gasteiger partial charge in [0.05, 0.1) is 13.6 Å². The Morgan fingerprint density at radius 2 is 2.30 bits per heavy atom. The Bertz CT molecular complexity index is 743. The minimum Gasteiger partial charge on any atom is -0.369 e. The van der Waals surface area contributed by atoms with Crippen molar-refractivity contribution in [3.63, 3.8) is 0 Å². The normalized spacial score (nSPS) is 28.1. The second-order valence-electron chi connectivity index (χ2n) is 5.98. The lowest BCUT2D eigenvalue weighted by Gasteiger charge is -2.36. The Kier molecular flexibility index (Phi) is 2.32. The summed E-state index contributed by atoms with van der Waals surface area (Å²) in [6.45, 7) is 0.791. The van der Waals surface area contributed by atoms with Gasteiger partial charge in [-0.1, -0.05) is 18.2 Å². The molecule has 0 spiro atoms. The van der Waals surface area contributed by atoms with E-state index in [0.717, 1.165) is 13.0 Å². The molecule has 1 aliphatic heterocycles. The molecule has 0 bridgehead atoms. The van der Waals surface area contributed by atoms with Crippen LogP contribution in [-0.4, -0.2) is 30.5 Å². The quantitative estimate of drug-likeness (QED) is 0.675. The topological polar surface area (TPSA) is 63.3 Å². The Hall–Kier alpha value is -2.07. The van der Waals surface area contributed by atoms with E-state index >= 15 is 0 Å². The maximum atomic E-state index is 11.6. The number of benzene rings is 1. The summed E-state index contributed by atoms with van der Waals surface area (Å²) in [6, 6.07) is 6.77. The molecule has 4 rings (SSSR count). The molecule has 20 heavy (non-hydrogen) atoms. The van der Waals surface area contributed by atoms with Crippen LogP contribution in [0, 0.1) is 5.92 Å². The fourth-order valence-corrected chi connectivity index (χ4v) is 3.77. The number of hydrogen-bond donors (Lipinski definition) is 3. The summed E-state index contributed by atoms with van der Waals surface area (Å²) in [5.41, 5.74) is 10.6. The van der Waals surface area contributed by atoms with Crippen molar-refractivity contribution < 1.29 is 9.69 Å². The number of likely N-dealkylation sites (N-methyl/N-ethyl adjacent to an activating group) is 1. The molecule has 2 aliphatic rings. The number of carbonyl (C=O) groups excluding carboxylic acids is 1. The van der Waals surface area contributed by atoms with E-state index in [0.29, 0.717) is 6.04 Å². The number of nitrogens with two attached hydrogens (primary N) is 1. The molecular formula is C16H18N3O+. The van der Waals surface area contributed by atoms with Crippen LogP contribution in [0.25, 0.3) is 16.5 Å². The summed E-state index contributed by atoms with van der Waals surface area (Å²) >= 11 is 0. The van der Waals surface area contributed by atoms with Crippen molar-refractivity contribution in [3.05, 3.63) is 41.6 Å². The summed E-state index contributed by atoms with van der Waals surface area (Å²) in [6.07, 6.45) is 5.25. The first-order chi connectivity index (χ1) is 9.65. The van der Waals surface area contributed by atoms with Crippen molar-refractivity contribution in [1.29, 1.82) is 0 Å². The first kappa shape index (κ1) is 11.7. The van der Waals surface area contributed by atoms with Crippen molar-refractivity contribution in [3.8, 4) is 0 Å². The summed E-state index contributed by atoms with van der Waals surface area (Å²) in [5.74, 6) is -0.376. The van der Waals surface area contributed by atoms with E-state index in [-0.39, 0.29) is 11.8 Å². The number of H-pyrrole nitrogens is 1. The molecule has 102 valence electrons. The lowest BCUT2D eigenvalue weighted by Crippen LogP contribution is -3.15. The predicted molar refractivity (Wildman–Crippen MR) is 78.2 cm³/mol. The van der Waals surface area contributed by atoms with Crippen LogP contribution in [-0.2, 0) is 11.2 Å². The number of hydrogen-bond acceptors (Lipinski definition) is 1. The minimum atomic E-state index is -0.220. The van der Waals surface area contributed by atoms with Gasteiger partial charge in [0.1, 0.15) is 12.0 Å². The smallest absolute Gasteiger partial charge is 0.230 e. The highest BCUT2D eigenvalue weighted by atomic mass is 16.1. The van der Waals surface area contributed by atoms with Gasteiger partial charge in [0, 0.05) is 29.1 Å². The number of aromatic nitrogens is 1. The van der Waals surface area contributed by atoms with Crippen molar-refractivity contribution in [2.24, 2.45) is 11.7 Å². The third-order valence-electron chi connectivity index (χ3n) is 4.78. The SMILES string of the molecule is C[NH+]1C[C@H](C(N)=O)C=C2c3cccc4[nH]cc(c34)C[C@H]21. The molecule has 1 aromatic heterocycles. The summed E-state index contributed by atoms with van der Waals surface area (Å²) in [7, 11) is 2.16. The van der Waals surface area contributed by atoms with E-state index in [2.05, 4.69) is 42.5 Å². The van der Waals surface area contributed by atoms with Gasteiger partial charge < -0.3 is 15.6 Å². The van der Waals surface area contributed by atoms with Crippen LogP contribution in [0.15, 0.2) is 30.5 Å². The summed E-state index contributed by atoms with van der Waals surface area (Å²) in [5, 5.41) is 1.31. The Labute approximate surface area is 117 Å². The molecule has 2 aromatic rings. The molecule has 1 unspecified atom stereocenters. The zero-order valence-electron chi connectivity index (χ0n) is 11.4. The number of aromatic amines is 1. The molecule has 2 heterocycles. The minimum absolute atomic E-state index is 0.156. The molecule has 4 heteroatoms. The highest BCUT2D eigenvalue weighted by Gasteiger charge is 2.37. The van der Waals surface area contributed by atoms with Gasteiger partial charge in [0.25, 0.3) is 0 Å². The third kappa shape index (κ3) is 1.48. The fraction of sp³-hybridized carbons (Fsp3) is 0.312. The summed E-state index contributed by atoms with van der Waals surface area (Å²) < 4.78 is 0. The Morgan fingerprint density at radius 1 is 1.45 bits per heavy atom. The van der Waals surface area contributed by atoms with Gasteiger partial charge in [-0.05, 0) is 17.2 Å². The average Bonchev–Trinajstić information content (AvgIpc) is 2.84. The molecule has 4 nitrogen and oxygen atoms in total. The van der Waals surface area contributed by atoms with Crippen LogP contribution in [0.3, 0.4) is 0 Å². The zero-order valence-corrected chi connectivity index (χ0v) is 11.4. The van der Waals surface area contributed by atoms with E-state index < -0.39 is 0 Å². The molecule has 0 radical (unpaired) electrons. The van der Waals surface area contributed by atoms with Gasteiger partial charge in [0.2, 0.25) is 5.91 Å². The van der Waals surface area contributed by atoms with E-state index in [9.17, 15) is 4.79 Å². The number of fused-ring (bicyclic) bond motifs is 2. The molecule has 3 atom stereocenters. The number of carbonyl (C=O) groups is 1. The first-order valence-corrected chi connectivity index (χ1v) is 7.08. The van der Waals surface area contributed by atoms with Crippen molar-refractivity contribution in [2.75, 3.05) is 13.6 Å². The molecule has 0 saturated heterocycles. The van der Waals surface area contributed by atoms with Gasteiger partial charge in [-0.15, -0.1) is 0 Å². The lowest BCUT2D eigenvalue weighted by atomic mass is 9.80. The van der Waals surface area contributed by atoms with E-state index in [4.69, 9.17) is 5.73 Å². The van der Waals surface area contributed by atoms with Crippen LogP contribution in [0.1, 0.15) is 11.1 Å². The second-order valence-corrected chi connectivity index (χ2v) is 5.98. The zero-order chi connectivity index (χ0) is 13.9. The van der Waals surface area contributed by atoms with Crippen LogP contribution in [0.2, 0.25) is 0 Å². The first-order valence-electron chi connectivity index (χ1n) is 7.08. The number of nitrogens with one attached hydrogen (secondary N) is 2. The molecule has 4 N–H and O–H groups in total. The molecule has 1 amide bonds. The Balaban J connectivity index is 1.96. The van der Waals surface area contributed by atoms with Gasteiger partial charge in [-0.2, -0.15) is 0 Å². The maximum Gasteiger partial charge on any atom is 0.230 e. The standard InChI is InChI=1S/C16H17N3O/c1-19-8-10(16(17)20)5-12-11-3-2-4-13-15(11)9(7-18-13)6-14(12)19/h2-5,7,10,14,18H,6,8H2,1H3,(H2,17,20)/p+1/t10-,14-/m1/s1. The molecule has 1 aromatic carbocycles. The predicted octanol–water partition coefficient (Wildman–Crippen LogP) is 0.106. The monoisotopic (exact) mass is 268 g/mol. The number of primary amides is 1. The lowest BCUT2D eigenvalue weighted by molar-refractivity contribution is -0.900. The van der Waals surface area contributed by atoms with Gasteiger partial charge in [-0.3, -0.25) is 4.79 Å². The van der Waals surface area contributed by atoms with Crippen LogP contribution in [0.4, 0.5) is 0 Å². The van der Waals surface area contributed by atoms with Crippen LogP contribution < -0.4 is 10.6 Å². The maximum absolute atomic E-state index is 11.6.